The number of nitrogens with zero attached hydrogens (tertiary/aromatic N) is 2. The van der Waals surface area contributed by atoms with Crippen molar-refractivity contribution in [1.29, 1.82) is 0 Å². The molecule has 0 saturated heterocycles. The van der Waals surface area contributed by atoms with Gasteiger partial charge in [-0.25, -0.2) is 14.4 Å². The van der Waals surface area contributed by atoms with Crippen molar-refractivity contribution in [3.63, 3.8) is 0 Å². The zero-order chi connectivity index (χ0) is 13.8. The fourth-order valence-corrected chi connectivity index (χ4v) is 2.52. The molecular weight excluding hydrogens is 426 g/mol. The minimum atomic E-state index is -0.259. The van der Waals surface area contributed by atoms with E-state index < -0.39 is 0 Å². The van der Waals surface area contributed by atoms with Gasteiger partial charge < -0.3 is 10.6 Å². The molecule has 0 unspecified atom stereocenters. The lowest BCUT2D eigenvalue weighted by Crippen LogP contribution is -2.04. The SMILES string of the molecule is CCNc1ncnc(Nc2ccc(F)cc2I)c1Br. The minimum Gasteiger partial charge on any atom is -0.369 e. The zero-order valence-corrected chi connectivity index (χ0v) is 13.8. The number of anilines is 3. The standard InChI is InChI=1S/C12H11BrFIN4/c1-2-16-11-10(13)12(18-6-17-11)19-9-4-3-7(14)5-8(9)15/h3-6H,2H2,1H3,(H2,16,17,18,19). The maximum atomic E-state index is 13.1. The molecule has 0 amide bonds. The average Bonchev–Trinajstić information content (AvgIpc) is 2.37. The summed E-state index contributed by atoms with van der Waals surface area (Å²) in [7, 11) is 0. The van der Waals surface area contributed by atoms with Gasteiger partial charge in [0.15, 0.2) is 0 Å². The first-order valence-corrected chi connectivity index (χ1v) is 7.45. The fourth-order valence-electron chi connectivity index (χ4n) is 1.47. The van der Waals surface area contributed by atoms with Gasteiger partial charge >= 0.3 is 0 Å². The molecular formula is C12H11BrFIN4. The Balaban J connectivity index is 2.30. The minimum absolute atomic E-state index is 0.259. The van der Waals surface area contributed by atoms with Crippen molar-refractivity contribution in [2.45, 2.75) is 6.92 Å². The van der Waals surface area contributed by atoms with Crippen LogP contribution in [0.1, 0.15) is 6.92 Å². The molecule has 100 valence electrons. The van der Waals surface area contributed by atoms with Crippen molar-refractivity contribution in [2.24, 2.45) is 0 Å². The average molecular weight is 437 g/mol. The first-order valence-electron chi connectivity index (χ1n) is 5.58. The van der Waals surface area contributed by atoms with Crippen molar-refractivity contribution in [3.05, 3.63) is 38.4 Å². The Bertz CT molecular complexity index is 594. The molecule has 0 bridgehead atoms. The Labute approximate surface area is 132 Å². The van der Waals surface area contributed by atoms with Crippen LogP contribution < -0.4 is 10.6 Å². The van der Waals surface area contributed by atoms with Crippen molar-refractivity contribution >= 4 is 55.8 Å². The van der Waals surface area contributed by atoms with Crippen molar-refractivity contribution in [1.82, 2.24) is 9.97 Å². The Hall–Kier alpha value is -0.960. The molecule has 4 nitrogen and oxygen atoms in total. The first-order chi connectivity index (χ1) is 9.11. The number of hydrogen-bond donors (Lipinski definition) is 2. The summed E-state index contributed by atoms with van der Waals surface area (Å²) in [6, 6.07) is 4.55. The molecule has 19 heavy (non-hydrogen) atoms. The maximum Gasteiger partial charge on any atom is 0.150 e. The normalized spacial score (nSPS) is 10.3. The predicted molar refractivity (Wildman–Crippen MR) is 86.3 cm³/mol. The first kappa shape index (κ1) is 14.4. The van der Waals surface area contributed by atoms with Crippen LogP contribution in [-0.2, 0) is 0 Å². The summed E-state index contributed by atoms with van der Waals surface area (Å²) in [5, 5.41) is 6.28. The number of aromatic nitrogens is 2. The van der Waals surface area contributed by atoms with Crippen LogP contribution in [0.4, 0.5) is 21.7 Å². The van der Waals surface area contributed by atoms with E-state index in [1.54, 1.807) is 6.07 Å². The lowest BCUT2D eigenvalue weighted by atomic mass is 10.3. The molecule has 0 fully saturated rings. The summed E-state index contributed by atoms with van der Waals surface area (Å²) in [5.74, 6) is 1.10. The van der Waals surface area contributed by atoms with Crippen LogP contribution in [0.2, 0.25) is 0 Å². The van der Waals surface area contributed by atoms with E-state index in [0.717, 1.165) is 26.1 Å². The Morgan fingerprint density at radius 3 is 2.74 bits per heavy atom. The number of benzene rings is 1. The van der Waals surface area contributed by atoms with E-state index >= 15 is 0 Å². The fraction of sp³-hybridized carbons (Fsp3) is 0.167. The number of hydrogen-bond acceptors (Lipinski definition) is 4. The molecule has 2 rings (SSSR count). The highest BCUT2D eigenvalue weighted by Gasteiger charge is 2.10. The molecule has 1 heterocycles. The van der Waals surface area contributed by atoms with Crippen molar-refractivity contribution in [2.75, 3.05) is 17.2 Å². The third kappa shape index (κ3) is 3.53. The van der Waals surface area contributed by atoms with Gasteiger partial charge in [-0.3, -0.25) is 0 Å². The highest BCUT2D eigenvalue weighted by Crippen LogP contribution is 2.30. The molecule has 2 aromatic rings. The Kier molecular flexibility index (Phi) is 4.92. The van der Waals surface area contributed by atoms with Gasteiger partial charge in [0.1, 0.15) is 28.3 Å². The Morgan fingerprint density at radius 1 is 1.32 bits per heavy atom. The van der Waals surface area contributed by atoms with Crippen molar-refractivity contribution < 1.29 is 4.39 Å². The molecule has 7 heteroatoms. The van der Waals surface area contributed by atoms with Crippen LogP contribution in [0.25, 0.3) is 0 Å². The van der Waals surface area contributed by atoms with Gasteiger partial charge in [0.05, 0.1) is 5.69 Å². The van der Waals surface area contributed by atoms with Crippen LogP contribution >= 0.6 is 38.5 Å². The summed E-state index contributed by atoms with van der Waals surface area (Å²) in [6.45, 7) is 2.76. The number of nitrogens with one attached hydrogen (secondary N) is 2. The van der Waals surface area contributed by atoms with Gasteiger partial charge in [-0.15, -0.1) is 0 Å². The molecule has 2 N–H and O–H groups in total. The van der Waals surface area contributed by atoms with Gasteiger partial charge in [0, 0.05) is 10.1 Å². The molecule has 1 aromatic carbocycles. The van der Waals surface area contributed by atoms with Crippen LogP contribution in [0.5, 0.6) is 0 Å². The Morgan fingerprint density at radius 2 is 2.05 bits per heavy atom. The highest BCUT2D eigenvalue weighted by molar-refractivity contribution is 14.1. The summed E-state index contributed by atoms with van der Waals surface area (Å²) < 4.78 is 14.6. The third-order valence-electron chi connectivity index (χ3n) is 2.32. The van der Waals surface area contributed by atoms with Gasteiger partial charge in [-0.1, -0.05) is 0 Å². The van der Waals surface area contributed by atoms with E-state index in [0.29, 0.717) is 5.82 Å². The van der Waals surface area contributed by atoms with Gasteiger partial charge in [-0.2, -0.15) is 0 Å². The quantitative estimate of drug-likeness (QED) is 0.706. The van der Waals surface area contributed by atoms with Gasteiger partial charge in [-0.05, 0) is 63.6 Å². The van der Waals surface area contributed by atoms with E-state index in [2.05, 4.69) is 59.1 Å². The van der Waals surface area contributed by atoms with Crippen LogP contribution in [-0.4, -0.2) is 16.5 Å². The van der Waals surface area contributed by atoms with E-state index in [1.165, 1.54) is 18.5 Å². The molecule has 0 aliphatic carbocycles. The third-order valence-corrected chi connectivity index (χ3v) is 3.96. The topological polar surface area (TPSA) is 49.8 Å². The maximum absolute atomic E-state index is 13.1. The lowest BCUT2D eigenvalue weighted by Gasteiger charge is -2.12. The molecule has 0 radical (unpaired) electrons. The summed E-state index contributed by atoms with van der Waals surface area (Å²) in [4.78, 5) is 8.31. The van der Waals surface area contributed by atoms with Crippen molar-refractivity contribution in [3.8, 4) is 0 Å². The van der Waals surface area contributed by atoms with E-state index in [4.69, 9.17) is 0 Å². The molecule has 1 aromatic heterocycles. The smallest absolute Gasteiger partial charge is 0.150 e. The van der Waals surface area contributed by atoms with Crippen LogP contribution in [0, 0.1) is 9.39 Å². The second-order valence-electron chi connectivity index (χ2n) is 3.66. The second kappa shape index (κ2) is 6.47. The molecule has 0 aliphatic rings. The summed E-state index contributed by atoms with van der Waals surface area (Å²) >= 11 is 5.53. The van der Waals surface area contributed by atoms with E-state index in [1.807, 2.05) is 6.92 Å². The highest BCUT2D eigenvalue weighted by atomic mass is 127. The summed E-state index contributed by atoms with van der Waals surface area (Å²) in [5.41, 5.74) is 0.795. The largest absolute Gasteiger partial charge is 0.369 e. The zero-order valence-electron chi connectivity index (χ0n) is 10.0. The lowest BCUT2D eigenvalue weighted by molar-refractivity contribution is 0.627. The number of rotatable bonds is 4. The molecule has 0 saturated carbocycles. The van der Waals surface area contributed by atoms with Gasteiger partial charge in [0.25, 0.3) is 0 Å². The van der Waals surface area contributed by atoms with Crippen LogP contribution in [0.15, 0.2) is 29.0 Å². The van der Waals surface area contributed by atoms with E-state index in [-0.39, 0.29) is 5.82 Å². The molecule has 0 atom stereocenters. The second-order valence-corrected chi connectivity index (χ2v) is 5.62. The van der Waals surface area contributed by atoms with Crippen LogP contribution in [0.3, 0.4) is 0 Å². The monoisotopic (exact) mass is 436 g/mol. The predicted octanol–water partition coefficient (Wildman–Crippen LogP) is 4.16. The summed E-state index contributed by atoms with van der Waals surface area (Å²) in [6.07, 6.45) is 1.47. The number of halogens is 3. The van der Waals surface area contributed by atoms with Gasteiger partial charge in [0.2, 0.25) is 0 Å². The molecule has 0 aliphatic heterocycles. The van der Waals surface area contributed by atoms with E-state index in [9.17, 15) is 4.39 Å². The molecule has 0 spiro atoms.